The SMILES string of the molecule is COc1c(Br)cc2c(c1-c1cc(C(=O)O)on1)OCCO2. The summed E-state index contributed by atoms with van der Waals surface area (Å²) in [6.45, 7) is 0.818. The summed E-state index contributed by atoms with van der Waals surface area (Å²) < 4.78 is 21.9. The van der Waals surface area contributed by atoms with Crippen LogP contribution in [0.2, 0.25) is 0 Å². The Morgan fingerprint density at radius 1 is 1.38 bits per heavy atom. The van der Waals surface area contributed by atoms with Crippen molar-refractivity contribution < 1.29 is 28.6 Å². The van der Waals surface area contributed by atoms with Crippen LogP contribution >= 0.6 is 15.9 Å². The number of benzene rings is 1. The summed E-state index contributed by atoms with van der Waals surface area (Å²) in [4.78, 5) is 10.9. The molecule has 110 valence electrons. The Bertz CT molecular complexity index is 711. The molecule has 0 amide bonds. The number of hydrogen-bond donors (Lipinski definition) is 1. The standard InChI is InChI=1S/C13H10BrNO6/c1-18-11-6(14)4-8-12(20-3-2-19-8)10(11)7-5-9(13(16)17)21-15-7/h4-5H,2-3H2,1H3,(H,16,17). The maximum absolute atomic E-state index is 10.9. The third kappa shape index (κ3) is 2.31. The third-order valence-corrected chi connectivity index (χ3v) is 3.51. The van der Waals surface area contributed by atoms with E-state index in [9.17, 15) is 4.79 Å². The summed E-state index contributed by atoms with van der Waals surface area (Å²) in [5.41, 5.74) is 0.783. The second kappa shape index (κ2) is 5.28. The summed E-state index contributed by atoms with van der Waals surface area (Å²) in [5.74, 6) is -0.0221. The number of ether oxygens (including phenoxy) is 3. The summed E-state index contributed by atoms with van der Waals surface area (Å²) in [6.07, 6.45) is 0. The Hall–Kier alpha value is -2.22. The zero-order valence-electron chi connectivity index (χ0n) is 10.9. The molecule has 0 saturated carbocycles. The van der Waals surface area contributed by atoms with Crippen LogP contribution in [0.3, 0.4) is 0 Å². The summed E-state index contributed by atoms with van der Waals surface area (Å²) >= 11 is 3.38. The molecule has 1 N–H and O–H groups in total. The number of carboxylic acids is 1. The lowest BCUT2D eigenvalue weighted by Crippen LogP contribution is -2.16. The highest BCUT2D eigenvalue weighted by atomic mass is 79.9. The molecule has 0 aliphatic carbocycles. The summed E-state index contributed by atoms with van der Waals surface area (Å²) in [7, 11) is 1.50. The first-order chi connectivity index (χ1) is 10.1. The maximum Gasteiger partial charge on any atom is 0.374 e. The van der Waals surface area contributed by atoms with Crippen LogP contribution in [0.5, 0.6) is 17.2 Å². The van der Waals surface area contributed by atoms with E-state index in [0.29, 0.717) is 46.2 Å². The fourth-order valence-electron chi connectivity index (χ4n) is 2.06. The van der Waals surface area contributed by atoms with Crippen LogP contribution in [0.1, 0.15) is 10.6 Å². The number of hydrogen-bond acceptors (Lipinski definition) is 6. The third-order valence-electron chi connectivity index (χ3n) is 2.92. The summed E-state index contributed by atoms with van der Waals surface area (Å²) in [5, 5.41) is 12.7. The van der Waals surface area contributed by atoms with Gasteiger partial charge in [0, 0.05) is 12.1 Å². The topological polar surface area (TPSA) is 91.0 Å². The quantitative estimate of drug-likeness (QED) is 0.904. The molecule has 0 unspecified atom stereocenters. The van der Waals surface area contributed by atoms with Crippen molar-refractivity contribution >= 4 is 21.9 Å². The van der Waals surface area contributed by atoms with Crippen molar-refractivity contribution in [2.75, 3.05) is 20.3 Å². The molecule has 1 aliphatic rings. The number of fused-ring (bicyclic) bond motifs is 1. The van der Waals surface area contributed by atoms with E-state index in [-0.39, 0.29) is 5.76 Å². The Kier molecular flexibility index (Phi) is 3.46. The van der Waals surface area contributed by atoms with Gasteiger partial charge in [0.25, 0.3) is 0 Å². The van der Waals surface area contributed by atoms with E-state index in [4.69, 9.17) is 23.8 Å². The first kappa shape index (κ1) is 13.7. The molecule has 0 spiro atoms. The van der Waals surface area contributed by atoms with Gasteiger partial charge < -0.3 is 23.8 Å². The molecular weight excluding hydrogens is 346 g/mol. The Morgan fingerprint density at radius 3 is 2.81 bits per heavy atom. The normalized spacial score (nSPS) is 13.0. The molecule has 8 heteroatoms. The van der Waals surface area contributed by atoms with Gasteiger partial charge in [0.1, 0.15) is 24.7 Å². The molecule has 1 aromatic carbocycles. The number of nitrogens with zero attached hydrogens (tertiary/aromatic N) is 1. The average Bonchev–Trinajstić information content (AvgIpc) is 2.95. The molecule has 0 saturated heterocycles. The molecule has 3 rings (SSSR count). The van der Waals surface area contributed by atoms with Gasteiger partial charge in [0.2, 0.25) is 5.76 Å². The zero-order valence-corrected chi connectivity index (χ0v) is 12.5. The van der Waals surface area contributed by atoms with Gasteiger partial charge in [-0.25, -0.2) is 4.79 Å². The number of carbonyl (C=O) groups is 1. The number of carboxylic acid groups (broad SMARTS) is 1. The number of aromatic nitrogens is 1. The molecule has 0 fully saturated rings. The zero-order chi connectivity index (χ0) is 15.0. The Balaban J connectivity index is 2.23. The number of halogens is 1. The minimum atomic E-state index is -1.20. The minimum absolute atomic E-state index is 0.266. The van der Waals surface area contributed by atoms with Gasteiger partial charge in [-0.1, -0.05) is 5.16 Å². The van der Waals surface area contributed by atoms with Crippen molar-refractivity contribution in [1.29, 1.82) is 0 Å². The molecule has 0 bridgehead atoms. The Labute approximate surface area is 127 Å². The highest BCUT2D eigenvalue weighted by molar-refractivity contribution is 9.10. The van der Waals surface area contributed by atoms with Crippen LogP contribution in [0, 0.1) is 0 Å². The van der Waals surface area contributed by atoms with Crippen molar-refractivity contribution in [3.63, 3.8) is 0 Å². The predicted molar refractivity (Wildman–Crippen MR) is 74.1 cm³/mol. The van der Waals surface area contributed by atoms with E-state index in [0.717, 1.165) is 0 Å². The van der Waals surface area contributed by atoms with Gasteiger partial charge in [0.15, 0.2) is 11.5 Å². The van der Waals surface area contributed by atoms with Crippen LogP contribution in [-0.4, -0.2) is 36.6 Å². The highest BCUT2D eigenvalue weighted by Crippen LogP contribution is 2.49. The van der Waals surface area contributed by atoms with E-state index >= 15 is 0 Å². The molecule has 1 aliphatic heterocycles. The number of rotatable bonds is 3. The highest BCUT2D eigenvalue weighted by Gasteiger charge is 2.27. The minimum Gasteiger partial charge on any atom is -0.495 e. The van der Waals surface area contributed by atoms with Gasteiger partial charge in [0.05, 0.1) is 17.1 Å². The second-order valence-corrected chi connectivity index (χ2v) is 5.03. The lowest BCUT2D eigenvalue weighted by Gasteiger charge is -2.22. The Morgan fingerprint density at radius 2 is 2.14 bits per heavy atom. The van der Waals surface area contributed by atoms with Crippen LogP contribution in [0.25, 0.3) is 11.3 Å². The van der Waals surface area contributed by atoms with Gasteiger partial charge in [-0.2, -0.15) is 0 Å². The van der Waals surface area contributed by atoms with Gasteiger partial charge in [-0.15, -0.1) is 0 Å². The monoisotopic (exact) mass is 355 g/mol. The van der Waals surface area contributed by atoms with Crippen LogP contribution in [0.15, 0.2) is 21.1 Å². The molecule has 21 heavy (non-hydrogen) atoms. The van der Waals surface area contributed by atoms with Crippen molar-refractivity contribution in [3.8, 4) is 28.5 Å². The largest absolute Gasteiger partial charge is 0.495 e. The molecule has 2 aromatic rings. The fraction of sp³-hybridized carbons (Fsp3) is 0.231. The number of aromatic carboxylic acids is 1. The lowest BCUT2D eigenvalue weighted by molar-refractivity contribution is 0.0652. The molecule has 1 aromatic heterocycles. The van der Waals surface area contributed by atoms with Gasteiger partial charge in [-0.3, -0.25) is 0 Å². The van der Waals surface area contributed by atoms with E-state index in [2.05, 4.69) is 21.1 Å². The smallest absolute Gasteiger partial charge is 0.374 e. The van der Waals surface area contributed by atoms with Gasteiger partial charge >= 0.3 is 5.97 Å². The van der Waals surface area contributed by atoms with Gasteiger partial charge in [-0.05, 0) is 15.9 Å². The van der Waals surface area contributed by atoms with Crippen molar-refractivity contribution in [2.45, 2.75) is 0 Å². The first-order valence-corrected chi connectivity index (χ1v) is 6.77. The van der Waals surface area contributed by atoms with Crippen molar-refractivity contribution in [3.05, 3.63) is 22.4 Å². The van der Waals surface area contributed by atoms with E-state index < -0.39 is 5.97 Å². The molecule has 0 radical (unpaired) electrons. The molecular formula is C13H10BrNO6. The van der Waals surface area contributed by atoms with E-state index in [1.165, 1.54) is 13.2 Å². The van der Waals surface area contributed by atoms with Crippen LogP contribution in [0.4, 0.5) is 0 Å². The van der Waals surface area contributed by atoms with Crippen molar-refractivity contribution in [1.82, 2.24) is 5.16 Å². The van der Waals surface area contributed by atoms with Crippen LogP contribution in [-0.2, 0) is 0 Å². The molecule has 0 atom stereocenters. The molecule has 7 nitrogen and oxygen atoms in total. The lowest BCUT2D eigenvalue weighted by atomic mass is 10.1. The maximum atomic E-state index is 10.9. The fourth-order valence-corrected chi connectivity index (χ4v) is 2.63. The predicted octanol–water partition coefficient (Wildman–Crippen LogP) is 2.58. The number of methoxy groups -OCH3 is 1. The first-order valence-electron chi connectivity index (χ1n) is 5.98. The van der Waals surface area contributed by atoms with Crippen molar-refractivity contribution in [2.24, 2.45) is 0 Å². The average molecular weight is 356 g/mol. The van der Waals surface area contributed by atoms with E-state index in [1.54, 1.807) is 6.07 Å². The van der Waals surface area contributed by atoms with Crippen LogP contribution < -0.4 is 14.2 Å². The molecule has 2 heterocycles. The van der Waals surface area contributed by atoms with E-state index in [1.807, 2.05) is 0 Å². The second-order valence-electron chi connectivity index (χ2n) is 4.17. The summed E-state index contributed by atoms with van der Waals surface area (Å²) in [6, 6.07) is 3.04.